The highest BCUT2D eigenvalue weighted by Crippen LogP contribution is 2.18. The van der Waals surface area contributed by atoms with E-state index in [4.69, 9.17) is 5.73 Å². The van der Waals surface area contributed by atoms with Gasteiger partial charge in [0.2, 0.25) is 0 Å². The van der Waals surface area contributed by atoms with Gasteiger partial charge in [-0.3, -0.25) is 9.48 Å². The topological polar surface area (TPSA) is 72.9 Å². The lowest BCUT2D eigenvalue weighted by molar-refractivity contribution is 0.101. The minimum absolute atomic E-state index is 0.242. The normalized spacial score (nSPS) is 10.3. The van der Waals surface area contributed by atoms with E-state index < -0.39 is 0 Å². The molecule has 0 unspecified atom stereocenters. The standard InChI is InChI=1S/C13H16N4O/c1-3-9-6-4-5-7-11(9)16-13(18)12-10(14)8-15-17(12)2/h4-8H,3,14H2,1-2H3,(H,16,18). The third-order valence-corrected chi connectivity index (χ3v) is 2.83. The molecule has 5 heteroatoms. The zero-order chi connectivity index (χ0) is 13.1. The highest BCUT2D eigenvalue weighted by molar-refractivity contribution is 6.06. The van der Waals surface area contributed by atoms with Crippen molar-refractivity contribution in [2.45, 2.75) is 13.3 Å². The fourth-order valence-electron chi connectivity index (χ4n) is 1.86. The maximum atomic E-state index is 12.1. The summed E-state index contributed by atoms with van der Waals surface area (Å²) in [4.78, 5) is 12.1. The summed E-state index contributed by atoms with van der Waals surface area (Å²) >= 11 is 0. The zero-order valence-electron chi connectivity index (χ0n) is 10.5. The number of nitrogens with zero attached hydrogens (tertiary/aromatic N) is 2. The molecule has 0 aliphatic heterocycles. The molecule has 2 aromatic rings. The van der Waals surface area contributed by atoms with Crippen molar-refractivity contribution >= 4 is 17.3 Å². The molecular weight excluding hydrogens is 228 g/mol. The molecule has 1 aromatic carbocycles. The number of amides is 1. The van der Waals surface area contributed by atoms with Gasteiger partial charge in [-0.25, -0.2) is 0 Å². The number of nitrogen functional groups attached to an aromatic ring is 1. The number of rotatable bonds is 3. The third-order valence-electron chi connectivity index (χ3n) is 2.83. The van der Waals surface area contributed by atoms with Crippen molar-refractivity contribution in [3.05, 3.63) is 41.7 Å². The molecular formula is C13H16N4O. The molecule has 0 saturated heterocycles. The van der Waals surface area contributed by atoms with Crippen LogP contribution >= 0.6 is 0 Å². The molecule has 1 aromatic heterocycles. The molecule has 3 N–H and O–H groups in total. The maximum Gasteiger partial charge on any atom is 0.276 e. The largest absolute Gasteiger partial charge is 0.396 e. The summed E-state index contributed by atoms with van der Waals surface area (Å²) in [6, 6.07) is 7.71. The number of para-hydroxylation sites is 1. The van der Waals surface area contributed by atoms with E-state index in [1.807, 2.05) is 31.2 Å². The van der Waals surface area contributed by atoms with Crippen LogP contribution in [-0.4, -0.2) is 15.7 Å². The van der Waals surface area contributed by atoms with Crippen LogP contribution in [0.5, 0.6) is 0 Å². The molecule has 94 valence electrons. The molecule has 1 amide bonds. The van der Waals surface area contributed by atoms with Gasteiger partial charge in [-0.05, 0) is 18.1 Å². The van der Waals surface area contributed by atoms with Crippen LogP contribution in [-0.2, 0) is 13.5 Å². The Hall–Kier alpha value is -2.30. The number of benzene rings is 1. The second-order valence-corrected chi connectivity index (χ2v) is 4.04. The Morgan fingerprint density at radius 2 is 2.17 bits per heavy atom. The molecule has 5 nitrogen and oxygen atoms in total. The van der Waals surface area contributed by atoms with E-state index in [1.54, 1.807) is 7.05 Å². The first-order valence-electron chi connectivity index (χ1n) is 5.80. The lowest BCUT2D eigenvalue weighted by atomic mass is 10.1. The van der Waals surface area contributed by atoms with E-state index in [0.29, 0.717) is 11.4 Å². The molecule has 0 spiro atoms. The van der Waals surface area contributed by atoms with Gasteiger partial charge < -0.3 is 11.1 Å². The van der Waals surface area contributed by atoms with Crippen molar-refractivity contribution in [2.24, 2.45) is 7.05 Å². The second kappa shape index (κ2) is 4.91. The molecule has 18 heavy (non-hydrogen) atoms. The number of hydrogen-bond donors (Lipinski definition) is 2. The minimum atomic E-state index is -0.242. The molecule has 0 fully saturated rings. The van der Waals surface area contributed by atoms with E-state index in [9.17, 15) is 4.79 Å². The fraction of sp³-hybridized carbons (Fsp3) is 0.231. The monoisotopic (exact) mass is 244 g/mol. The summed E-state index contributed by atoms with van der Waals surface area (Å²) in [5, 5.41) is 6.82. The van der Waals surface area contributed by atoms with E-state index in [2.05, 4.69) is 10.4 Å². The van der Waals surface area contributed by atoms with Gasteiger partial charge in [0.15, 0.2) is 0 Å². The first-order chi connectivity index (χ1) is 8.63. The molecule has 0 radical (unpaired) electrons. The van der Waals surface area contributed by atoms with Crippen molar-refractivity contribution in [1.29, 1.82) is 0 Å². The van der Waals surface area contributed by atoms with E-state index in [-0.39, 0.29) is 5.91 Å². The predicted molar refractivity (Wildman–Crippen MR) is 71.4 cm³/mol. The quantitative estimate of drug-likeness (QED) is 0.865. The first kappa shape index (κ1) is 12.2. The first-order valence-corrected chi connectivity index (χ1v) is 5.80. The number of aryl methyl sites for hydroxylation is 2. The highest BCUT2D eigenvalue weighted by Gasteiger charge is 2.15. The number of hydrogen-bond acceptors (Lipinski definition) is 3. The summed E-state index contributed by atoms with van der Waals surface area (Å²) in [6.45, 7) is 2.05. The van der Waals surface area contributed by atoms with Gasteiger partial charge in [0, 0.05) is 12.7 Å². The second-order valence-electron chi connectivity index (χ2n) is 4.04. The van der Waals surface area contributed by atoms with Gasteiger partial charge in [-0.15, -0.1) is 0 Å². The summed E-state index contributed by atoms with van der Waals surface area (Å²) < 4.78 is 1.47. The number of anilines is 2. The molecule has 2 rings (SSSR count). The lowest BCUT2D eigenvalue weighted by Crippen LogP contribution is -2.18. The Balaban J connectivity index is 2.27. The number of carbonyl (C=O) groups excluding carboxylic acids is 1. The average molecular weight is 244 g/mol. The Morgan fingerprint density at radius 1 is 1.44 bits per heavy atom. The number of carbonyl (C=O) groups is 1. The van der Waals surface area contributed by atoms with Crippen LogP contribution < -0.4 is 11.1 Å². The van der Waals surface area contributed by atoms with Crippen molar-refractivity contribution in [3.63, 3.8) is 0 Å². The lowest BCUT2D eigenvalue weighted by Gasteiger charge is -2.10. The molecule has 0 aliphatic carbocycles. The predicted octanol–water partition coefficient (Wildman–Crippen LogP) is 1.82. The molecule has 0 aliphatic rings. The fourth-order valence-corrected chi connectivity index (χ4v) is 1.86. The van der Waals surface area contributed by atoms with Crippen molar-refractivity contribution in [2.75, 3.05) is 11.1 Å². The van der Waals surface area contributed by atoms with Crippen LogP contribution in [0.25, 0.3) is 0 Å². The van der Waals surface area contributed by atoms with Crippen LogP contribution in [0.1, 0.15) is 23.0 Å². The van der Waals surface area contributed by atoms with Gasteiger partial charge in [0.1, 0.15) is 5.69 Å². The summed E-state index contributed by atoms with van der Waals surface area (Å²) in [7, 11) is 1.69. The van der Waals surface area contributed by atoms with Gasteiger partial charge in [0.05, 0.1) is 11.9 Å². The summed E-state index contributed by atoms with van der Waals surface area (Å²) in [5.41, 5.74) is 8.38. The van der Waals surface area contributed by atoms with Crippen molar-refractivity contribution in [3.8, 4) is 0 Å². The maximum absolute atomic E-state index is 12.1. The van der Waals surface area contributed by atoms with Gasteiger partial charge in [-0.2, -0.15) is 5.10 Å². The number of aromatic nitrogens is 2. The Bertz CT molecular complexity index is 555. The number of nitrogens with two attached hydrogens (primary N) is 1. The molecule has 1 heterocycles. The Kier molecular flexibility index (Phi) is 3.32. The van der Waals surface area contributed by atoms with E-state index in [1.165, 1.54) is 10.9 Å². The smallest absolute Gasteiger partial charge is 0.276 e. The average Bonchev–Trinajstić information content (AvgIpc) is 2.69. The molecule has 0 atom stereocenters. The number of nitrogens with one attached hydrogen (secondary N) is 1. The van der Waals surface area contributed by atoms with Crippen LogP contribution in [0.15, 0.2) is 30.5 Å². The zero-order valence-corrected chi connectivity index (χ0v) is 10.5. The van der Waals surface area contributed by atoms with E-state index in [0.717, 1.165) is 17.7 Å². The van der Waals surface area contributed by atoms with Crippen LogP contribution in [0, 0.1) is 0 Å². The van der Waals surface area contributed by atoms with Gasteiger partial charge >= 0.3 is 0 Å². The van der Waals surface area contributed by atoms with Crippen molar-refractivity contribution in [1.82, 2.24) is 9.78 Å². The molecule has 0 saturated carbocycles. The highest BCUT2D eigenvalue weighted by atomic mass is 16.2. The van der Waals surface area contributed by atoms with Crippen LogP contribution in [0.3, 0.4) is 0 Å². The van der Waals surface area contributed by atoms with Gasteiger partial charge in [-0.1, -0.05) is 25.1 Å². The SMILES string of the molecule is CCc1ccccc1NC(=O)c1c(N)cnn1C. The van der Waals surface area contributed by atoms with Gasteiger partial charge in [0.25, 0.3) is 5.91 Å². The Morgan fingerprint density at radius 3 is 2.78 bits per heavy atom. The minimum Gasteiger partial charge on any atom is -0.396 e. The summed E-state index contributed by atoms with van der Waals surface area (Å²) in [5.74, 6) is -0.242. The van der Waals surface area contributed by atoms with Crippen LogP contribution in [0.2, 0.25) is 0 Å². The Labute approximate surface area is 106 Å². The van der Waals surface area contributed by atoms with Crippen LogP contribution in [0.4, 0.5) is 11.4 Å². The van der Waals surface area contributed by atoms with E-state index >= 15 is 0 Å². The molecule has 0 bridgehead atoms. The summed E-state index contributed by atoms with van der Waals surface area (Å²) in [6.07, 6.45) is 2.33. The van der Waals surface area contributed by atoms with Crippen molar-refractivity contribution < 1.29 is 4.79 Å². The third kappa shape index (κ3) is 2.20.